The third-order valence-corrected chi connectivity index (χ3v) is 4.14. The van der Waals surface area contributed by atoms with Crippen molar-refractivity contribution < 1.29 is 9.90 Å². The molecule has 0 bridgehead atoms. The third kappa shape index (κ3) is 2.90. The van der Waals surface area contributed by atoms with E-state index in [0.29, 0.717) is 19.0 Å². The first-order valence-corrected chi connectivity index (χ1v) is 7.17. The number of halogens is 1. The minimum Gasteiger partial charge on any atom is -0.391 e. The van der Waals surface area contributed by atoms with Crippen molar-refractivity contribution in [2.45, 2.75) is 57.3 Å². The van der Waals surface area contributed by atoms with Gasteiger partial charge in [0.05, 0.1) is 18.7 Å². The number of amides is 1. The maximum atomic E-state index is 12.3. The van der Waals surface area contributed by atoms with Crippen molar-refractivity contribution in [1.29, 1.82) is 0 Å². The lowest BCUT2D eigenvalue weighted by molar-refractivity contribution is -0.138. The molecule has 0 spiro atoms. The first-order valence-electron chi connectivity index (χ1n) is 7.17. The Hall–Kier alpha value is -1.18. The number of carbonyl (C=O) groups is 1. The quantitative estimate of drug-likeness (QED) is 0.830. The smallest absolute Gasteiger partial charge is 0.242 e. The molecule has 2 heterocycles. The molecular weight excluding hydrogens is 294 g/mol. The molecule has 0 saturated heterocycles. The van der Waals surface area contributed by atoms with E-state index in [-0.39, 0.29) is 24.4 Å². The predicted octanol–water partition coefficient (Wildman–Crippen LogP) is 0.189. The van der Waals surface area contributed by atoms with Gasteiger partial charge in [0, 0.05) is 12.5 Å². The molecule has 3 N–H and O–H groups in total. The molecule has 0 aromatic carbocycles. The average Bonchev–Trinajstić information content (AvgIpc) is 3.17. The van der Waals surface area contributed by atoms with E-state index in [9.17, 15) is 9.90 Å². The van der Waals surface area contributed by atoms with Crippen LogP contribution in [0, 0.1) is 0 Å². The largest absolute Gasteiger partial charge is 0.391 e. The zero-order valence-electron chi connectivity index (χ0n) is 12.3. The van der Waals surface area contributed by atoms with Crippen molar-refractivity contribution in [2.75, 3.05) is 6.54 Å². The van der Waals surface area contributed by atoms with E-state index in [1.54, 1.807) is 4.90 Å². The Balaban J connectivity index is 0.00000161. The second-order valence-corrected chi connectivity index (χ2v) is 5.80. The van der Waals surface area contributed by atoms with Crippen LogP contribution >= 0.6 is 12.4 Å². The first-order chi connectivity index (χ1) is 9.49. The Labute approximate surface area is 129 Å². The minimum atomic E-state index is -0.880. The van der Waals surface area contributed by atoms with Gasteiger partial charge < -0.3 is 15.7 Å². The van der Waals surface area contributed by atoms with Gasteiger partial charge in [0.2, 0.25) is 5.91 Å². The zero-order valence-corrected chi connectivity index (χ0v) is 13.1. The summed E-state index contributed by atoms with van der Waals surface area (Å²) in [5.74, 6) is 2.00. The van der Waals surface area contributed by atoms with Crippen molar-refractivity contribution in [3.63, 3.8) is 0 Å². The normalized spacial score (nSPS) is 24.0. The van der Waals surface area contributed by atoms with Crippen LogP contribution in [0.3, 0.4) is 0 Å². The number of aliphatic hydroxyl groups is 1. The van der Waals surface area contributed by atoms with E-state index in [1.165, 1.54) is 6.92 Å². The second-order valence-electron chi connectivity index (χ2n) is 5.80. The van der Waals surface area contributed by atoms with E-state index < -0.39 is 12.1 Å². The van der Waals surface area contributed by atoms with Gasteiger partial charge in [-0.05, 0) is 26.7 Å². The van der Waals surface area contributed by atoms with Gasteiger partial charge in [-0.25, -0.2) is 9.67 Å². The highest BCUT2D eigenvalue weighted by Gasteiger charge is 2.36. The molecule has 0 unspecified atom stereocenters. The number of fused-ring (bicyclic) bond motifs is 1. The summed E-state index contributed by atoms with van der Waals surface area (Å²) in [4.78, 5) is 18.6. The average molecular weight is 316 g/mol. The maximum absolute atomic E-state index is 12.3. The summed E-state index contributed by atoms with van der Waals surface area (Å²) in [7, 11) is 0. The van der Waals surface area contributed by atoms with Gasteiger partial charge in [-0.15, -0.1) is 12.4 Å². The van der Waals surface area contributed by atoms with Crippen LogP contribution in [-0.2, 0) is 11.3 Å². The van der Waals surface area contributed by atoms with E-state index in [1.807, 2.05) is 11.6 Å². The Morgan fingerprint density at radius 1 is 1.43 bits per heavy atom. The van der Waals surface area contributed by atoms with Gasteiger partial charge in [-0.2, -0.15) is 5.10 Å². The number of aromatic nitrogens is 3. The number of nitrogens with two attached hydrogens (primary N) is 1. The fourth-order valence-electron chi connectivity index (χ4n) is 2.59. The highest BCUT2D eigenvalue weighted by Crippen LogP contribution is 2.39. The molecule has 21 heavy (non-hydrogen) atoms. The van der Waals surface area contributed by atoms with Gasteiger partial charge in [0.15, 0.2) is 5.82 Å². The fourth-order valence-corrected chi connectivity index (χ4v) is 2.59. The molecular formula is C13H22ClN5O2. The molecule has 1 aromatic rings. The van der Waals surface area contributed by atoms with Crippen LogP contribution in [0.15, 0.2) is 0 Å². The van der Waals surface area contributed by atoms with Crippen LogP contribution in [0.2, 0.25) is 0 Å². The summed E-state index contributed by atoms with van der Waals surface area (Å²) in [5, 5.41) is 14.0. The summed E-state index contributed by atoms with van der Waals surface area (Å²) >= 11 is 0. The van der Waals surface area contributed by atoms with Crippen LogP contribution in [0.25, 0.3) is 0 Å². The van der Waals surface area contributed by atoms with Gasteiger partial charge in [0.1, 0.15) is 11.9 Å². The van der Waals surface area contributed by atoms with Gasteiger partial charge in [-0.3, -0.25) is 4.79 Å². The number of rotatable bonds is 3. The van der Waals surface area contributed by atoms with Crippen LogP contribution in [0.5, 0.6) is 0 Å². The lowest BCUT2D eigenvalue weighted by atomic mass is 10.1. The monoisotopic (exact) mass is 315 g/mol. The molecule has 1 saturated carbocycles. The van der Waals surface area contributed by atoms with Gasteiger partial charge in [-0.1, -0.05) is 0 Å². The predicted molar refractivity (Wildman–Crippen MR) is 79.0 cm³/mol. The molecule has 7 nitrogen and oxygen atoms in total. The van der Waals surface area contributed by atoms with Crippen molar-refractivity contribution in [2.24, 2.45) is 5.73 Å². The number of hydrogen-bond acceptors (Lipinski definition) is 5. The fraction of sp³-hybridized carbons (Fsp3) is 0.769. The maximum Gasteiger partial charge on any atom is 0.242 e. The van der Waals surface area contributed by atoms with Crippen LogP contribution in [0.4, 0.5) is 0 Å². The van der Waals surface area contributed by atoms with E-state index in [4.69, 9.17) is 5.73 Å². The van der Waals surface area contributed by atoms with Crippen molar-refractivity contribution in [3.05, 3.63) is 11.6 Å². The summed E-state index contributed by atoms with van der Waals surface area (Å²) < 4.78 is 1.90. The Bertz CT molecular complexity index is 529. The van der Waals surface area contributed by atoms with E-state index in [0.717, 1.165) is 24.5 Å². The van der Waals surface area contributed by atoms with Crippen molar-refractivity contribution in [1.82, 2.24) is 19.7 Å². The molecule has 2 aliphatic rings. The van der Waals surface area contributed by atoms with Gasteiger partial charge >= 0.3 is 0 Å². The molecule has 1 aliphatic carbocycles. The van der Waals surface area contributed by atoms with Gasteiger partial charge in [0.25, 0.3) is 0 Å². The third-order valence-electron chi connectivity index (χ3n) is 4.14. The minimum absolute atomic E-state index is 0. The molecule has 1 amide bonds. The van der Waals surface area contributed by atoms with Crippen molar-refractivity contribution in [3.8, 4) is 0 Å². The molecule has 8 heteroatoms. The molecule has 3 atom stereocenters. The van der Waals surface area contributed by atoms with Crippen LogP contribution in [-0.4, -0.2) is 49.4 Å². The number of hydrogen-bond donors (Lipinski definition) is 2. The number of nitrogens with zero attached hydrogens (tertiary/aromatic N) is 4. The topological polar surface area (TPSA) is 97.3 Å². The standard InChI is InChI=1S/C13H21N5O2.ClH/c1-7-12-15-11(9-3-4-9)16-18(12)6-5-17(7)13(20)10(14)8(2)19;/h7-10,19H,3-6,14H2,1-2H3;1H/t7-,8-,10+;/m1./s1. The summed E-state index contributed by atoms with van der Waals surface area (Å²) in [5.41, 5.74) is 5.75. The Morgan fingerprint density at radius 2 is 2.10 bits per heavy atom. The highest BCUT2D eigenvalue weighted by molar-refractivity contribution is 5.85. The van der Waals surface area contributed by atoms with Crippen molar-refractivity contribution >= 4 is 18.3 Å². The molecule has 3 rings (SSSR count). The van der Waals surface area contributed by atoms with E-state index >= 15 is 0 Å². The summed E-state index contributed by atoms with van der Waals surface area (Å²) in [6.07, 6.45) is 1.47. The molecule has 118 valence electrons. The highest BCUT2D eigenvalue weighted by atomic mass is 35.5. The lowest BCUT2D eigenvalue weighted by Crippen LogP contribution is -2.52. The Kier molecular flexibility index (Phi) is 4.55. The molecule has 1 fully saturated rings. The lowest BCUT2D eigenvalue weighted by Gasteiger charge is -2.35. The number of aliphatic hydroxyl groups excluding tert-OH is 1. The van der Waals surface area contributed by atoms with Crippen LogP contribution in [0.1, 0.15) is 50.3 Å². The summed E-state index contributed by atoms with van der Waals surface area (Å²) in [6, 6.07) is -1.03. The molecule has 0 radical (unpaired) electrons. The Morgan fingerprint density at radius 3 is 2.67 bits per heavy atom. The molecule has 1 aromatic heterocycles. The first kappa shape index (κ1) is 16.2. The summed E-state index contributed by atoms with van der Waals surface area (Å²) in [6.45, 7) is 4.66. The molecule has 1 aliphatic heterocycles. The SMILES string of the molecule is C[C@@H]1c2nc(C3CC3)nn2CCN1C(=O)[C@@H](N)[C@@H](C)O.Cl. The number of carbonyl (C=O) groups excluding carboxylic acids is 1. The van der Waals surface area contributed by atoms with Crippen LogP contribution < -0.4 is 5.73 Å². The zero-order chi connectivity index (χ0) is 14.4. The second kappa shape index (κ2) is 5.90. The van der Waals surface area contributed by atoms with E-state index in [2.05, 4.69) is 10.1 Å².